The summed E-state index contributed by atoms with van der Waals surface area (Å²) in [7, 11) is -3.92. The monoisotopic (exact) mass is 334 g/mol. The van der Waals surface area contributed by atoms with Crippen LogP contribution in [0.4, 0.5) is 4.39 Å². The summed E-state index contributed by atoms with van der Waals surface area (Å²) in [4.78, 5) is 6.92. The molecule has 0 saturated carbocycles. The number of halogens is 1. The van der Waals surface area contributed by atoms with E-state index in [-0.39, 0.29) is 17.4 Å². The maximum atomic E-state index is 13.7. The van der Waals surface area contributed by atoms with Gasteiger partial charge < -0.3 is 4.98 Å². The van der Waals surface area contributed by atoms with Crippen LogP contribution in [0.15, 0.2) is 35.5 Å². The molecular formula is C15H15FN4O2S. The van der Waals surface area contributed by atoms with E-state index in [4.69, 9.17) is 5.26 Å². The van der Waals surface area contributed by atoms with Crippen LogP contribution < -0.4 is 0 Å². The van der Waals surface area contributed by atoms with Gasteiger partial charge in [0, 0.05) is 31.4 Å². The summed E-state index contributed by atoms with van der Waals surface area (Å²) in [6.45, 7) is 0.609. The molecule has 1 aromatic heterocycles. The van der Waals surface area contributed by atoms with Crippen molar-refractivity contribution < 1.29 is 12.8 Å². The molecule has 3 rings (SSSR count). The topological polar surface area (TPSA) is 89.8 Å². The van der Waals surface area contributed by atoms with E-state index in [0.717, 1.165) is 18.3 Å². The van der Waals surface area contributed by atoms with Gasteiger partial charge in [-0.05, 0) is 25.0 Å². The summed E-state index contributed by atoms with van der Waals surface area (Å²) in [5, 5.41) is 9.08. The molecule has 1 fully saturated rings. The fraction of sp³-hybridized carbons (Fsp3) is 0.333. The van der Waals surface area contributed by atoms with Crippen LogP contribution in [0.1, 0.15) is 30.1 Å². The number of benzene rings is 1. The fourth-order valence-electron chi connectivity index (χ4n) is 2.85. The lowest BCUT2D eigenvalue weighted by Crippen LogP contribution is -2.39. The summed E-state index contributed by atoms with van der Waals surface area (Å²) in [6, 6.07) is 5.31. The van der Waals surface area contributed by atoms with Crippen molar-refractivity contribution in [1.82, 2.24) is 14.3 Å². The number of hydrogen-bond donors (Lipinski definition) is 1. The zero-order valence-electron chi connectivity index (χ0n) is 12.2. The van der Waals surface area contributed by atoms with Crippen LogP contribution in [-0.2, 0) is 10.0 Å². The van der Waals surface area contributed by atoms with E-state index in [0.29, 0.717) is 13.0 Å². The SMILES string of the molecule is N#Cc1c(F)cccc1S(=O)(=O)N1CCC[C@H](c2ncc[nH]2)C1. The number of H-pyrrole nitrogens is 1. The number of piperidine rings is 1. The third kappa shape index (κ3) is 2.85. The third-order valence-electron chi connectivity index (χ3n) is 4.00. The van der Waals surface area contributed by atoms with Gasteiger partial charge in [0.1, 0.15) is 28.2 Å². The number of nitrogens with zero attached hydrogens (tertiary/aromatic N) is 3. The highest BCUT2D eigenvalue weighted by Gasteiger charge is 2.33. The van der Waals surface area contributed by atoms with Crippen molar-refractivity contribution in [3.63, 3.8) is 0 Å². The van der Waals surface area contributed by atoms with Gasteiger partial charge >= 0.3 is 0 Å². The zero-order chi connectivity index (χ0) is 16.4. The highest BCUT2D eigenvalue weighted by Crippen LogP contribution is 2.30. The average molecular weight is 334 g/mol. The number of hydrogen-bond acceptors (Lipinski definition) is 4. The second-order valence-corrected chi connectivity index (χ2v) is 7.31. The predicted octanol–water partition coefficient (Wildman–Crippen LogP) is 1.99. The van der Waals surface area contributed by atoms with Crippen LogP contribution >= 0.6 is 0 Å². The Labute approximate surface area is 133 Å². The number of nitriles is 1. The second kappa shape index (κ2) is 6.10. The summed E-state index contributed by atoms with van der Waals surface area (Å²) >= 11 is 0. The quantitative estimate of drug-likeness (QED) is 0.929. The summed E-state index contributed by atoms with van der Waals surface area (Å²) in [5.74, 6) is -0.120. The minimum Gasteiger partial charge on any atom is -0.348 e. The van der Waals surface area contributed by atoms with Crippen LogP contribution in [-0.4, -0.2) is 35.8 Å². The number of imidazole rings is 1. The van der Waals surface area contributed by atoms with Crippen LogP contribution in [0.2, 0.25) is 0 Å². The standard InChI is InChI=1S/C15H15FN4O2S/c16-13-4-1-5-14(12(13)9-17)23(21,22)20-8-2-3-11(10-20)15-18-6-7-19-15/h1,4-7,11H,2-3,8,10H2,(H,18,19)/t11-/m0/s1. The highest BCUT2D eigenvalue weighted by molar-refractivity contribution is 7.89. The molecule has 1 aliphatic heterocycles. The lowest BCUT2D eigenvalue weighted by molar-refractivity contribution is 0.310. The minimum atomic E-state index is -3.92. The minimum absolute atomic E-state index is 0.0346. The second-order valence-electron chi connectivity index (χ2n) is 5.40. The Balaban J connectivity index is 1.94. The molecule has 6 nitrogen and oxygen atoms in total. The van der Waals surface area contributed by atoms with Gasteiger partial charge in [-0.2, -0.15) is 9.57 Å². The van der Waals surface area contributed by atoms with Gasteiger partial charge in [-0.15, -0.1) is 0 Å². The number of nitrogens with one attached hydrogen (secondary N) is 1. The molecule has 8 heteroatoms. The fourth-order valence-corrected chi connectivity index (χ4v) is 4.53. The Morgan fingerprint density at radius 1 is 1.43 bits per heavy atom. The number of aromatic amines is 1. The Morgan fingerprint density at radius 3 is 2.96 bits per heavy atom. The molecule has 0 radical (unpaired) electrons. The molecule has 1 aromatic carbocycles. The van der Waals surface area contributed by atoms with Gasteiger partial charge in [0.05, 0.1) is 0 Å². The van der Waals surface area contributed by atoms with E-state index < -0.39 is 21.4 Å². The molecule has 23 heavy (non-hydrogen) atoms. The molecule has 1 atom stereocenters. The van der Waals surface area contributed by atoms with E-state index in [9.17, 15) is 12.8 Å². The maximum absolute atomic E-state index is 13.7. The van der Waals surface area contributed by atoms with Crippen molar-refractivity contribution in [1.29, 1.82) is 5.26 Å². The number of rotatable bonds is 3. The van der Waals surface area contributed by atoms with E-state index in [1.54, 1.807) is 18.5 Å². The largest absolute Gasteiger partial charge is 0.348 e. The van der Waals surface area contributed by atoms with Crippen molar-refractivity contribution >= 4 is 10.0 Å². The van der Waals surface area contributed by atoms with Crippen LogP contribution in [0.3, 0.4) is 0 Å². The lowest BCUT2D eigenvalue weighted by Gasteiger charge is -2.31. The first-order valence-electron chi connectivity index (χ1n) is 7.22. The van der Waals surface area contributed by atoms with Crippen molar-refractivity contribution in [2.45, 2.75) is 23.7 Å². The summed E-state index contributed by atoms with van der Waals surface area (Å²) < 4.78 is 40.7. The Bertz CT molecular complexity index is 843. The molecule has 0 bridgehead atoms. The zero-order valence-corrected chi connectivity index (χ0v) is 13.1. The van der Waals surface area contributed by atoms with Crippen molar-refractivity contribution in [2.75, 3.05) is 13.1 Å². The van der Waals surface area contributed by atoms with E-state index in [1.807, 2.05) is 0 Å². The Hall–Kier alpha value is -2.24. The first kappa shape index (κ1) is 15.6. The molecular weight excluding hydrogens is 319 g/mol. The third-order valence-corrected chi connectivity index (χ3v) is 5.90. The first-order chi connectivity index (χ1) is 11.0. The van der Waals surface area contributed by atoms with Gasteiger partial charge in [-0.25, -0.2) is 17.8 Å². The van der Waals surface area contributed by atoms with Gasteiger partial charge in [0.15, 0.2) is 0 Å². The van der Waals surface area contributed by atoms with Gasteiger partial charge in [0.2, 0.25) is 10.0 Å². The number of sulfonamides is 1. The van der Waals surface area contributed by atoms with E-state index in [1.165, 1.54) is 16.4 Å². The highest BCUT2D eigenvalue weighted by atomic mass is 32.2. The molecule has 1 aliphatic rings. The van der Waals surface area contributed by atoms with E-state index >= 15 is 0 Å². The molecule has 2 heterocycles. The molecule has 0 amide bonds. The molecule has 2 aromatic rings. The maximum Gasteiger partial charge on any atom is 0.244 e. The average Bonchev–Trinajstić information content (AvgIpc) is 3.09. The predicted molar refractivity (Wildman–Crippen MR) is 80.4 cm³/mol. The molecule has 1 N–H and O–H groups in total. The van der Waals surface area contributed by atoms with Crippen LogP contribution in [0, 0.1) is 17.1 Å². The molecule has 120 valence electrons. The van der Waals surface area contributed by atoms with Crippen molar-refractivity contribution in [2.24, 2.45) is 0 Å². The van der Waals surface area contributed by atoms with Gasteiger partial charge in [0.25, 0.3) is 0 Å². The van der Waals surface area contributed by atoms with Crippen LogP contribution in [0.25, 0.3) is 0 Å². The summed E-state index contributed by atoms with van der Waals surface area (Å²) in [6.07, 6.45) is 4.84. The normalized spacial score (nSPS) is 19.4. The number of aromatic nitrogens is 2. The Morgan fingerprint density at radius 2 is 2.26 bits per heavy atom. The smallest absolute Gasteiger partial charge is 0.244 e. The molecule has 0 spiro atoms. The molecule has 0 unspecified atom stereocenters. The van der Waals surface area contributed by atoms with Crippen molar-refractivity contribution in [3.05, 3.63) is 47.8 Å². The van der Waals surface area contributed by atoms with Crippen LogP contribution in [0.5, 0.6) is 0 Å². The van der Waals surface area contributed by atoms with E-state index in [2.05, 4.69) is 9.97 Å². The Kier molecular flexibility index (Phi) is 4.15. The van der Waals surface area contributed by atoms with Crippen molar-refractivity contribution in [3.8, 4) is 6.07 Å². The van der Waals surface area contributed by atoms with Gasteiger partial charge in [-0.1, -0.05) is 6.07 Å². The summed E-state index contributed by atoms with van der Waals surface area (Å²) in [5.41, 5.74) is -0.437. The first-order valence-corrected chi connectivity index (χ1v) is 8.66. The lowest BCUT2D eigenvalue weighted by atomic mass is 9.99. The molecule has 1 saturated heterocycles. The van der Waals surface area contributed by atoms with Gasteiger partial charge in [-0.3, -0.25) is 0 Å². The molecule has 0 aliphatic carbocycles.